The topological polar surface area (TPSA) is 65.0 Å². The molecule has 0 aliphatic rings. The van der Waals surface area contributed by atoms with Gasteiger partial charge < -0.3 is 8.83 Å². The molecule has 5 heteroatoms. The van der Waals surface area contributed by atoms with E-state index in [1.165, 1.54) is 0 Å². The van der Waals surface area contributed by atoms with E-state index >= 15 is 0 Å². The van der Waals surface area contributed by atoms with Gasteiger partial charge in [-0.15, -0.1) is 10.2 Å². The number of rotatable bonds is 4. The lowest BCUT2D eigenvalue weighted by molar-refractivity contribution is 0.417. The zero-order valence-corrected chi connectivity index (χ0v) is 15.0. The molecule has 24 heavy (non-hydrogen) atoms. The molecular weight excluding hydrogens is 302 g/mol. The Bertz CT molecular complexity index is 459. The highest BCUT2D eigenvalue weighted by molar-refractivity contribution is 5.00. The third-order valence-electron chi connectivity index (χ3n) is 3.05. The number of oxazole rings is 1. The van der Waals surface area contributed by atoms with Crippen LogP contribution in [0.2, 0.25) is 0 Å². The Morgan fingerprint density at radius 2 is 1.04 bits per heavy atom. The fraction of sp³-hybridized carbons (Fsp3) is 0.737. The minimum absolute atomic E-state index is 0. The number of aromatic nitrogens is 3. The molecule has 0 spiro atoms. The first-order valence-corrected chi connectivity index (χ1v) is 8.01. The van der Waals surface area contributed by atoms with Gasteiger partial charge in [-0.3, -0.25) is 0 Å². The summed E-state index contributed by atoms with van der Waals surface area (Å²) in [5.41, 5.74) is 0. The smallest absolute Gasteiger partial charge is 0.219 e. The van der Waals surface area contributed by atoms with E-state index in [2.05, 4.69) is 42.9 Å². The van der Waals surface area contributed by atoms with Crippen molar-refractivity contribution in [2.45, 2.75) is 93.9 Å². The predicted octanol–water partition coefficient (Wildman–Crippen LogP) is 6.51. The van der Waals surface area contributed by atoms with Crippen LogP contribution in [0.25, 0.3) is 0 Å². The van der Waals surface area contributed by atoms with Gasteiger partial charge in [-0.25, -0.2) is 4.98 Å². The molecule has 0 fully saturated rings. The Morgan fingerprint density at radius 1 is 0.625 bits per heavy atom. The fourth-order valence-electron chi connectivity index (χ4n) is 1.55. The average Bonchev–Trinajstić information content (AvgIpc) is 3.09. The van der Waals surface area contributed by atoms with E-state index in [1.807, 2.05) is 33.9 Å². The molecular formula is C19H37N3O2. The van der Waals surface area contributed by atoms with E-state index < -0.39 is 0 Å². The Morgan fingerprint density at radius 3 is 1.25 bits per heavy atom. The summed E-state index contributed by atoms with van der Waals surface area (Å²) in [5, 5.41) is 7.84. The van der Waals surface area contributed by atoms with Crippen molar-refractivity contribution in [2.24, 2.45) is 0 Å². The summed E-state index contributed by atoms with van der Waals surface area (Å²) in [5.74, 6) is 4.77. The zero-order valence-electron chi connectivity index (χ0n) is 15.0. The lowest BCUT2D eigenvalue weighted by atomic mass is 10.2. The SMILES string of the molecule is C.C.CC(C)c1cnc(C(C)C)o1.CC(C)c1nnc(C(C)C)o1. The normalized spacial score (nSPS) is 10.5. The first-order chi connectivity index (χ1) is 10.2. The van der Waals surface area contributed by atoms with E-state index in [9.17, 15) is 0 Å². The van der Waals surface area contributed by atoms with Crippen LogP contribution < -0.4 is 0 Å². The van der Waals surface area contributed by atoms with Crippen LogP contribution in [0.4, 0.5) is 0 Å². The maximum absolute atomic E-state index is 5.50. The van der Waals surface area contributed by atoms with Crippen molar-refractivity contribution in [1.29, 1.82) is 0 Å². The van der Waals surface area contributed by atoms with Crippen molar-refractivity contribution >= 4 is 0 Å². The summed E-state index contributed by atoms with van der Waals surface area (Å²) in [4.78, 5) is 4.17. The number of hydrogen-bond donors (Lipinski definition) is 0. The summed E-state index contributed by atoms with van der Waals surface area (Å²) < 4.78 is 10.9. The van der Waals surface area contributed by atoms with E-state index in [-0.39, 0.29) is 14.9 Å². The molecule has 5 nitrogen and oxygen atoms in total. The average molecular weight is 340 g/mol. The summed E-state index contributed by atoms with van der Waals surface area (Å²) in [7, 11) is 0. The molecule has 0 saturated heterocycles. The second kappa shape index (κ2) is 11.0. The summed E-state index contributed by atoms with van der Waals surface area (Å²) >= 11 is 0. The van der Waals surface area contributed by atoms with Crippen molar-refractivity contribution in [3.05, 3.63) is 29.6 Å². The molecule has 0 radical (unpaired) electrons. The Labute approximate surface area is 148 Å². The van der Waals surface area contributed by atoms with Crippen LogP contribution in [0.1, 0.15) is 117 Å². The van der Waals surface area contributed by atoms with Gasteiger partial charge in [-0.05, 0) is 0 Å². The molecule has 0 amide bonds. The van der Waals surface area contributed by atoms with E-state index in [0.717, 1.165) is 23.4 Å². The largest absolute Gasteiger partial charge is 0.445 e. The maximum atomic E-state index is 5.50. The minimum Gasteiger partial charge on any atom is -0.445 e. The minimum atomic E-state index is 0. The second-order valence-corrected chi connectivity index (χ2v) is 6.70. The van der Waals surface area contributed by atoms with E-state index in [1.54, 1.807) is 0 Å². The van der Waals surface area contributed by atoms with Crippen molar-refractivity contribution in [1.82, 2.24) is 15.2 Å². The molecule has 2 rings (SSSR count). The van der Waals surface area contributed by atoms with Gasteiger partial charge in [0.05, 0.1) is 6.20 Å². The van der Waals surface area contributed by atoms with Crippen LogP contribution >= 0.6 is 0 Å². The lowest BCUT2D eigenvalue weighted by Crippen LogP contribution is -1.85. The molecule has 0 bridgehead atoms. The molecule has 0 aliphatic carbocycles. The highest BCUT2D eigenvalue weighted by atomic mass is 16.4. The van der Waals surface area contributed by atoms with E-state index in [0.29, 0.717) is 23.7 Å². The highest BCUT2D eigenvalue weighted by Gasteiger charge is 2.11. The molecule has 0 unspecified atom stereocenters. The van der Waals surface area contributed by atoms with Gasteiger partial charge in [0.1, 0.15) is 5.76 Å². The third kappa shape index (κ3) is 7.28. The van der Waals surface area contributed by atoms with Crippen LogP contribution in [0, 0.1) is 0 Å². The molecule has 2 heterocycles. The van der Waals surface area contributed by atoms with Crippen molar-refractivity contribution in [2.75, 3.05) is 0 Å². The Balaban J connectivity index is 0. The molecule has 0 aromatic carbocycles. The first-order valence-electron chi connectivity index (χ1n) is 8.01. The number of nitrogens with zero attached hydrogens (tertiary/aromatic N) is 3. The molecule has 0 atom stereocenters. The summed E-state index contributed by atoms with van der Waals surface area (Å²) in [6.07, 6.45) is 1.82. The number of hydrogen-bond acceptors (Lipinski definition) is 5. The van der Waals surface area contributed by atoms with Gasteiger partial charge >= 0.3 is 0 Å². The molecule has 0 saturated carbocycles. The van der Waals surface area contributed by atoms with Gasteiger partial charge in [0.25, 0.3) is 0 Å². The van der Waals surface area contributed by atoms with Crippen LogP contribution in [0.15, 0.2) is 15.0 Å². The zero-order chi connectivity index (χ0) is 16.9. The van der Waals surface area contributed by atoms with Gasteiger partial charge in [0, 0.05) is 23.7 Å². The lowest BCUT2D eigenvalue weighted by Gasteiger charge is -1.98. The summed E-state index contributed by atoms with van der Waals surface area (Å²) in [6, 6.07) is 0. The molecule has 140 valence electrons. The molecule has 0 aliphatic heterocycles. The van der Waals surface area contributed by atoms with Crippen molar-refractivity contribution < 1.29 is 8.83 Å². The quantitative estimate of drug-likeness (QED) is 0.635. The third-order valence-corrected chi connectivity index (χ3v) is 3.05. The molecule has 2 aromatic rings. The van der Waals surface area contributed by atoms with Gasteiger partial charge in [0.2, 0.25) is 11.8 Å². The molecule has 2 aromatic heterocycles. The Hall–Kier alpha value is -1.65. The highest BCUT2D eigenvalue weighted by Crippen LogP contribution is 2.19. The van der Waals surface area contributed by atoms with Gasteiger partial charge in [0.15, 0.2) is 5.89 Å². The second-order valence-electron chi connectivity index (χ2n) is 6.70. The molecule has 0 N–H and O–H groups in total. The van der Waals surface area contributed by atoms with Crippen LogP contribution in [0.5, 0.6) is 0 Å². The summed E-state index contributed by atoms with van der Waals surface area (Å²) in [6.45, 7) is 16.5. The van der Waals surface area contributed by atoms with Crippen molar-refractivity contribution in [3.63, 3.8) is 0 Å². The van der Waals surface area contributed by atoms with Gasteiger partial charge in [-0.1, -0.05) is 70.2 Å². The van der Waals surface area contributed by atoms with Gasteiger partial charge in [-0.2, -0.15) is 0 Å². The monoisotopic (exact) mass is 339 g/mol. The van der Waals surface area contributed by atoms with Crippen LogP contribution in [-0.4, -0.2) is 15.2 Å². The predicted molar refractivity (Wildman–Crippen MR) is 101 cm³/mol. The fourth-order valence-corrected chi connectivity index (χ4v) is 1.55. The van der Waals surface area contributed by atoms with Crippen LogP contribution in [-0.2, 0) is 0 Å². The standard InChI is InChI=1S/C9H15NO.C8H14N2O.2CH4/c1-6(2)8-5-10-9(11-8)7(3)4;1-5(2)7-9-10-8(11-7)6(3)4;;/h5-7H,1-4H3;5-6H,1-4H3;2*1H4. The van der Waals surface area contributed by atoms with E-state index in [4.69, 9.17) is 8.83 Å². The van der Waals surface area contributed by atoms with Crippen molar-refractivity contribution in [3.8, 4) is 0 Å². The Kier molecular flexibility index (Phi) is 11.3. The van der Waals surface area contributed by atoms with Crippen LogP contribution in [0.3, 0.4) is 0 Å². The maximum Gasteiger partial charge on any atom is 0.219 e. The first kappa shape index (κ1) is 24.6.